The Hall–Kier alpha value is -0.0900. The molecular formula is C15H22IN. The summed E-state index contributed by atoms with van der Waals surface area (Å²) < 4.78 is 1.32. The lowest BCUT2D eigenvalue weighted by Crippen LogP contribution is -2.46. The average Bonchev–Trinajstić information content (AvgIpc) is 2.58. The lowest BCUT2D eigenvalue weighted by molar-refractivity contribution is 0.302. The monoisotopic (exact) mass is 343 g/mol. The maximum absolute atomic E-state index is 3.81. The molecular weight excluding hydrogens is 321 g/mol. The van der Waals surface area contributed by atoms with Crippen LogP contribution >= 0.6 is 22.6 Å². The fraction of sp³-hybridized carbons (Fsp3) is 0.600. The summed E-state index contributed by atoms with van der Waals surface area (Å²) in [5.41, 5.74) is 1.82. The molecule has 1 unspecified atom stereocenters. The van der Waals surface area contributed by atoms with Gasteiger partial charge < -0.3 is 5.32 Å². The second kappa shape index (κ2) is 6.19. The molecule has 94 valence electrons. The molecule has 1 aliphatic heterocycles. The van der Waals surface area contributed by atoms with Crippen molar-refractivity contribution in [3.63, 3.8) is 0 Å². The zero-order valence-electron chi connectivity index (χ0n) is 10.6. The summed E-state index contributed by atoms with van der Waals surface area (Å²) in [6.45, 7) is 3.52. The van der Waals surface area contributed by atoms with E-state index < -0.39 is 0 Å². The van der Waals surface area contributed by atoms with Gasteiger partial charge in [-0.2, -0.15) is 0 Å². The van der Waals surface area contributed by atoms with Crippen LogP contribution in [0.15, 0.2) is 24.3 Å². The lowest BCUT2D eigenvalue weighted by atomic mass is 9.84. The number of rotatable bonds is 3. The van der Waals surface area contributed by atoms with Crippen molar-refractivity contribution in [1.29, 1.82) is 0 Å². The van der Waals surface area contributed by atoms with Crippen LogP contribution in [0.1, 0.15) is 44.6 Å². The van der Waals surface area contributed by atoms with Crippen molar-refractivity contribution >= 4 is 22.6 Å². The van der Waals surface area contributed by atoms with E-state index in [1.54, 1.807) is 0 Å². The second-order valence-corrected chi connectivity index (χ2v) is 6.42. The smallest absolute Gasteiger partial charge is 0.0219 e. The fourth-order valence-corrected chi connectivity index (χ4v) is 3.14. The minimum atomic E-state index is 0.350. The number of nitrogens with one attached hydrogen (secondary N) is 1. The third-order valence-corrected chi connectivity index (χ3v) is 4.68. The highest BCUT2D eigenvalue weighted by Crippen LogP contribution is 2.26. The van der Waals surface area contributed by atoms with Crippen molar-refractivity contribution in [2.75, 3.05) is 6.54 Å². The molecule has 1 saturated heterocycles. The molecule has 1 heterocycles. The normalized spacial score (nSPS) is 25.5. The van der Waals surface area contributed by atoms with Crippen LogP contribution in [-0.2, 0) is 6.42 Å². The predicted octanol–water partition coefficient (Wildman–Crippen LogP) is 4.15. The van der Waals surface area contributed by atoms with Crippen molar-refractivity contribution in [2.24, 2.45) is 0 Å². The highest BCUT2D eigenvalue weighted by atomic mass is 127. The molecule has 2 rings (SSSR count). The van der Waals surface area contributed by atoms with Crippen molar-refractivity contribution in [2.45, 2.75) is 51.0 Å². The van der Waals surface area contributed by atoms with Crippen LogP contribution in [0, 0.1) is 3.57 Å². The Bertz CT molecular complexity index is 336. The minimum absolute atomic E-state index is 0.350. The van der Waals surface area contributed by atoms with Gasteiger partial charge in [0.15, 0.2) is 0 Å². The standard InChI is InChI=1S/C15H22IN/c1-2-15(10-4-3-5-11-17-15)12-13-6-8-14(16)9-7-13/h6-9,17H,2-5,10-12H2,1H3. The van der Waals surface area contributed by atoms with Gasteiger partial charge in [0.1, 0.15) is 0 Å². The van der Waals surface area contributed by atoms with Crippen LogP contribution in [0.25, 0.3) is 0 Å². The Kier molecular flexibility index (Phi) is 4.86. The van der Waals surface area contributed by atoms with Crippen LogP contribution in [0.2, 0.25) is 0 Å². The largest absolute Gasteiger partial charge is 0.311 e. The summed E-state index contributed by atoms with van der Waals surface area (Å²) in [5, 5.41) is 3.81. The number of halogens is 1. The molecule has 1 atom stereocenters. The summed E-state index contributed by atoms with van der Waals surface area (Å²) in [5.74, 6) is 0. The first kappa shape index (κ1) is 13.3. The third-order valence-electron chi connectivity index (χ3n) is 3.96. The summed E-state index contributed by atoms with van der Waals surface area (Å²) in [6.07, 6.45) is 7.86. The Labute approximate surface area is 119 Å². The van der Waals surface area contributed by atoms with E-state index >= 15 is 0 Å². The molecule has 0 spiro atoms. The molecule has 1 aromatic rings. The fourth-order valence-electron chi connectivity index (χ4n) is 2.78. The molecule has 0 aliphatic carbocycles. The van der Waals surface area contributed by atoms with Crippen molar-refractivity contribution in [3.8, 4) is 0 Å². The molecule has 0 bridgehead atoms. The van der Waals surface area contributed by atoms with Gasteiger partial charge in [-0.3, -0.25) is 0 Å². The van der Waals surface area contributed by atoms with Crippen LogP contribution in [0.3, 0.4) is 0 Å². The lowest BCUT2D eigenvalue weighted by Gasteiger charge is -2.33. The molecule has 1 fully saturated rings. The van der Waals surface area contributed by atoms with Crippen molar-refractivity contribution in [1.82, 2.24) is 5.32 Å². The second-order valence-electron chi connectivity index (χ2n) is 5.17. The maximum Gasteiger partial charge on any atom is 0.0219 e. The number of benzene rings is 1. The maximum atomic E-state index is 3.81. The molecule has 1 aliphatic rings. The first-order valence-corrected chi connectivity index (χ1v) is 7.81. The van der Waals surface area contributed by atoms with Gasteiger partial charge in [-0.25, -0.2) is 0 Å². The summed E-state index contributed by atoms with van der Waals surface area (Å²) in [7, 11) is 0. The van der Waals surface area contributed by atoms with E-state index in [1.807, 2.05) is 0 Å². The van der Waals surface area contributed by atoms with Gasteiger partial charge in [0.2, 0.25) is 0 Å². The van der Waals surface area contributed by atoms with E-state index in [2.05, 4.69) is 59.1 Å². The van der Waals surface area contributed by atoms with E-state index in [4.69, 9.17) is 0 Å². The Morgan fingerprint density at radius 3 is 2.65 bits per heavy atom. The highest BCUT2D eigenvalue weighted by molar-refractivity contribution is 14.1. The molecule has 0 aromatic heterocycles. The van der Waals surface area contributed by atoms with Gasteiger partial charge >= 0.3 is 0 Å². The van der Waals surface area contributed by atoms with Crippen LogP contribution in [0.5, 0.6) is 0 Å². The number of hydrogen-bond acceptors (Lipinski definition) is 1. The summed E-state index contributed by atoms with van der Waals surface area (Å²) >= 11 is 2.37. The van der Waals surface area contributed by atoms with E-state index in [0.29, 0.717) is 5.54 Å². The van der Waals surface area contributed by atoms with Crippen LogP contribution in [-0.4, -0.2) is 12.1 Å². The third kappa shape index (κ3) is 3.68. The molecule has 0 radical (unpaired) electrons. The predicted molar refractivity (Wildman–Crippen MR) is 82.4 cm³/mol. The molecule has 0 amide bonds. The minimum Gasteiger partial charge on any atom is -0.311 e. The molecule has 1 nitrogen and oxygen atoms in total. The van der Waals surface area contributed by atoms with Gasteiger partial charge in [-0.05, 0) is 72.5 Å². The van der Waals surface area contributed by atoms with Gasteiger partial charge in [0.25, 0.3) is 0 Å². The topological polar surface area (TPSA) is 12.0 Å². The zero-order chi connectivity index (χ0) is 12.1. The molecule has 1 N–H and O–H groups in total. The van der Waals surface area contributed by atoms with E-state index in [9.17, 15) is 0 Å². The van der Waals surface area contributed by atoms with Gasteiger partial charge in [-0.1, -0.05) is 31.9 Å². The number of hydrogen-bond donors (Lipinski definition) is 1. The Morgan fingerprint density at radius 2 is 1.94 bits per heavy atom. The Morgan fingerprint density at radius 1 is 1.18 bits per heavy atom. The van der Waals surface area contributed by atoms with E-state index in [0.717, 1.165) is 0 Å². The van der Waals surface area contributed by atoms with E-state index in [1.165, 1.54) is 54.2 Å². The molecule has 2 heteroatoms. The quantitative estimate of drug-likeness (QED) is 0.813. The van der Waals surface area contributed by atoms with Crippen molar-refractivity contribution < 1.29 is 0 Å². The summed E-state index contributed by atoms with van der Waals surface area (Å²) in [4.78, 5) is 0. The van der Waals surface area contributed by atoms with Crippen molar-refractivity contribution in [3.05, 3.63) is 33.4 Å². The molecule has 17 heavy (non-hydrogen) atoms. The zero-order valence-corrected chi connectivity index (χ0v) is 12.8. The highest BCUT2D eigenvalue weighted by Gasteiger charge is 2.28. The van der Waals surface area contributed by atoms with Crippen LogP contribution < -0.4 is 5.32 Å². The first-order valence-electron chi connectivity index (χ1n) is 6.74. The SMILES string of the molecule is CCC1(Cc2ccc(I)cc2)CCCCCN1. The average molecular weight is 343 g/mol. The van der Waals surface area contributed by atoms with Gasteiger partial charge in [-0.15, -0.1) is 0 Å². The Balaban J connectivity index is 2.09. The van der Waals surface area contributed by atoms with Crippen LogP contribution in [0.4, 0.5) is 0 Å². The van der Waals surface area contributed by atoms with Gasteiger partial charge in [0.05, 0.1) is 0 Å². The summed E-state index contributed by atoms with van der Waals surface area (Å²) in [6, 6.07) is 9.00. The molecule has 1 aromatic carbocycles. The first-order chi connectivity index (χ1) is 8.24. The van der Waals surface area contributed by atoms with Gasteiger partial charge in [0, 0.05) is 9.11 Å². The molecule has 0 saturated carbocycles. The van der Waals surface area contributed by atoms with E-state index in [-0.39, 0.29) is 0 Å².